The summed E-state index contributed by atoms with van der Waals surface area (Å²) < 4.78 is 31.7. The van der Waals surface area contributed by atoms with Crippen LogP contribution in [0.5, 0.6) is 0 Å². The Balaban J connectivity index is 1.28. The molecular weight excluding hydrogens is 518 g/mol. The van der Waals surface area contributed by atoms with Crippen molar-refractivity contribution in [3.05, 3.63) is 105 Å². The molecule has 0 radical (unpaired) electrons. The maximum absolute atomic E-state index is 14.2. The molecular formula is C29H26F2N6O3. The van der Waals surface area contributed by atoms with E-state index in [1.807, 2.05) is 25.1 Å². The van der Waals surface area contributed by atoms with Gasteiger partial charge in [-0.15, -0.1) is 0 Å². The third kappa shape index (κ3) is 4.57. The summed E-state index contributed by atoms with van der Waals surface area (Å²) in [5.74, 6) is -1.48. The number of aryl methyl sites for hydroxylation is 1. The van der Waals surface area contributed by atoms with Crippen LogP contribution in [0.4, 0.5) is 8.78 Å². The Morgan fingerprint density at radius 3 is 2.60 bits per heavy atom. The van der Waals surface area contributed by atoms with Gasteiger partial charge in [0.15, 0.2) is 5.65 Å². The van der Waals surface area contributed by atoms with Crippen LogP contribution in [-0.2, 0) is 6.42 Å². The van der Waals surface area contributed by atoms with Gasteiger partial charge in [-0.25, -0.2) is 28.1 Å². The van der Waals surface area contributed by atoms with Crippen molar-refractivity contribution >= 4 is 22.6 Å². The number of pyridine rings is 2. The summed E-state index contributed by atoms with van der Waals surface area (Å²) in [6.45, 7) is 2.00. The molecule has 6 rings (SSSR count). The van der Waals surface area contributed by atoms with Gasteiger partial charge < -0.3 is 9.72 Å². The van der Waals surface area contributed by atoms with Crippen molar-refractivity contribution in [3.8, 4) is 5.69 Å². The third-order valence-corrected chi connectivity index (χ3v) is 7.51. The van der Waals surface area contributed by atoms with Gasteiger partial charge in [-0.2, -0.15) is 0 Å². The van der Waals surface area contributed by atoms with Crippen molar-refractivity contribution in [1.29, 1.82) is 0 Å². The Hall–Kier alpha value is -4.67. The van der Waals surface area contributed by atoms with Crippen molar-refractivity contribution in [1.82, 2.24) is 28.8 Å². The second-order valence-electron chi connectivity index (χ2n) is 10.1. The van der Waals surface area contributed by atoms with Gasteiger partial charge in [0.05, 0.1) is 17.3 Å². The number of aromatic nitrogens is 5. The molecule has 0 bridgehead atoms. The first-order valence-corrected chi connectivity index (χ1v) is 13.2. The fraction of sp³-hybridized carbons (Fsp3) is 0.276. The molecule has 9 nitrogen and oxygen atoms in total. The van der Waals surface area contributed by atoms with Crippen LogP contribution in [0.1, 0.15) is 54.7 Å². The number of benzene rings is 1. The van der Waals surface area contributed by atoms with Crippen molar-refractivity contribution in [2.45, 2.75) is 51.1 Å². The van der Waals surface area contributed by atoms with Crippen LogP contribution in [0.2, 0.25) is 0 Å². The number of rotatable bonds is 5. The lowest BCUT2D eigenvalue weighted by molar-refractivity contribution is 0.0917. The second-order valence-corrected chi connectivity index (χ2v) is 10.1. The van der Waals surface area contributed by atoms with Crippen LogP contribution in [0.25, 0.3) is 22.4 Å². The zero-order valence-corrected chi connectivity index (χ0v) is 21.7. The van der Waals surface area contributed by atoms with Gasteiger partial charge in [0.2, 0.25) is 0 Å². The topological polar surface area (TPSA) is 103 Å². The molecule has 40 heavy (non-hydrogen) atoms. The maximum atomic E-state index is 14.2. The first-order chi connectivity index (χ1) is 19.3. The summed E-state index contributed by atoms with van der Waals surface area (Å²) in [5, 5.41) is 2.99. The summed E-state index contributed by atoms with van der Waals surface area (Å²) in [7, 11) is 0. The van der Waals surface area contributed by atoms with Crippen LogP contribution >= 0.6 is 0 Å². The number of carbonyl (C=O) groups is 1. The molecule has 4 aromatic heterocycles. The minimum atomic E-state index is -0.662. The highest BCUT2D eigenvalue weighted by Gasteiger charge is 2.28. The van der Waals surface area contributed by atoms with Crippen molar-refractivity contribution in [3.63, 3.8) is 0 Å². The van der Waals surface area contributed by atoms with E-state index >= 15 is 0 Å². The molecule has 1 aliphatic rings. The lowest BCUT2D eigenvalue weighted by atomic mass is 9.90. The zero-order valence-electron chi connectivity index (χ0n) is 21.7. The molecule has 0 spiro atoms. The lowest BCUT2D eigenvalue weighted by Crippen LogP contribution is -2.45. The highest BCUT2D eigenvalue weighted by molar-refractivity contribution is 5.93. The molecule has 0 atom stereocenters. The summed E-state index contributed by atoms with van der Waals surface area (Å²) in [6.07, 6.45) is 6.43. The second kappa shape index (κ2) is 10.1. The van der Waals surface area contributed by atoms with E-state index < -0.39 is 28.9 Å². The summed E-state index contributed by atoms with van der Waals surface area (Å²) in [6, 6.07) is 10.7. The van der Waals surface area contributed by atoms with Crippen LogP contribution < -0.4 is 16.6 Å². The van der Waals surface area contributed by atoms with E-state index in [4.69, 9.17) is 0 Å². The Bertz CT molecular complexity index is 1890. The van der Waals surface area contributed by atoms with Gasteiger partial charge in [-0.1, -0.05) is 19.1 Å². The van der Waals surface area contributed by atoms with Crippen molar-refractivity contribution in [2.24, 2.45) is 0 Å². The fourth-order valence-electron chi connectivity index (χ4n) is 5.46. The minimum Gasteiger partial charge on any atom is -0.348 e. The number of carbonyl (C=O) groups excluding carboxylic acids is 1. The number of imidazole rings is 1. The molecule has 11 heteroatoms. The third-order valence-electron chi connectivity index (χ3n) is 7.51. The Morgan fingerprint density at radius 1 is 1.02 bits per heavy atom. The molecule has 1 N–H and O–H groups in total. The van der Waals surface area contributed by atoms with Gasteiger partial charge in [-0.05, 0) is 68.0 Å². The molecule has 1 amide bonds. The summed E-state index contributed by atoms with van der Waals surface area (Å²) in [4.78, 5) is 48.5. The fourth-order valence-corrected chi connectivity index (χ4v) is 5.46. The van der Waals surface area contributed by atoms with Crippen LogP contribution in [0.15, 0.2) is 70.6 Å². The number of nitrogens with one attached hydrogen (secondary N) is 1. The van der Waals surface area contributed by atoms with Gasteiger partial charge in [-0.3, -0.25) is 14.2 Å². The molecule has 0 aliphatic heterocycles. The minimum absolute atomic E-state index is 0.0280. The Labute approximate surface area is 226 Å². The number of hydrogen-bond acceptors (Lipinski definition) is 5. The summed E-state index contributed by atoms with van der Waals surface area (Å²) >= 11 is 0. The molecule has 1 aromatic carbocycles. The van der Waals surface area contributed by atoms with Crippen LogP contribution in [-0.4, -0.2) is 35.5 Å². The predicted octanol–water partition coefficient (Wildman–Crippen LogP) is 3.95. The average Bonchev–Trinajstić information content (AvgIpc) is 3.38. The molecule has 4 heterocycles. The highest BCUT2D eigenvalue weighted by Crippen LogP contribution is 2.28. The van der Waals surface area contributed by atoms with E-state index in [9.17, 15) is 23.2 Å². The lowest BCUT2D eigenvalue weighted by Gasteiger charge is -2.30. The standard InChI is InChI=1S/C29H26F2N6O3/c1-2-17-4-3-5-22(12-17)36-26-23(13-19(31)14-32-26)28(39)37(29(36)40)21-9-7-20(8-10-21)33-27(38)24-16-35-15-18(30)6-11-25(35)34-24/h3-6,11-16,20-21H,2,7-10H2,1H3,(H,33,38). The van der Waals surface area contributed by atoms with E-state index in [-0.39, 0.29) is 28.7 Å². The molecule has 0 unspecified atom stereocenters. The molecule has 1 fully saturated rings. The normalized spacial score (nSPS) is 17.4. The van der Waals surface area contributed by atoms with E-state index in [0.29, 0.717) is 37.0 Å². The first kappa shape index (κ1) is 25.6. The number of fused-ring (bicyclic) bond motifs is 2. The van der Waals surface area contributed by atoms with Gasteiger partial charge in [0.1, 0.15) is 23.0 Å². The summed E-state index contributed by atoms with van der Waals surface area (Å²) in [5.41, 5.74) is 1.17. The monoisotopic (exact) mass is 544 g/mol. The van der Waals surface area contributed by atoms with E-state index in [2.05, 4.69) is 15.3 Å². The Morgan fingerprint density at radius 2 is 1.82 bits per heavy atom. The average molecular weight is 545 g/mol. The molecule has 5 aromatic rings. The van der Waals surface area contributed by atoms with Crippen molar-refractivity contribution < 1.29 is 13.6 Å². The highest BCUT2D eigenvalue weighted by atomic mass is 19.1. The predicted molar refractivity (Wildman–Crippen MR) is 145 cm³/mol. The van der Waals surface area contributed by atoms with Crippen LogP contribution in [0, 0.1) is 11.6 Å². The van der Waals surface area contributed by atoms with E-state index in [1.165, 1.54) is 38.1 Å². The number of amides is 1. The number of halogens is 2. The van der Waals surface area contributed by atoms with Gasteiger partial charge in [0, 0.05) is 24.5 Å². The van der Waals surface area contributed by atoms with Crippen LogP contribution in [0.3, 0.4) is 0 Å². The first-order valence-electron chi connectivity index (χ1n) is 13.2. The quantitative estimate of drug-likeness (QED) is 0.361. The SMILES string of the molecule is CCc1cccc(-n2c(=O)n(C3CCC(NC(=O)c4cn5cc(F)ccc5n4)CC3)c(=O)c3cc(F)cnc32)c1. The molecule has 1 aliphatic carbocycles. The van der Waals surface area contributed by atoms with E-state index in [0.717, 1.165) is 24.2 Å². The van der Waals surface area contributed by atoms with Gasteiger partial charge >= 0.3 is 5.69 Å². The Kier molecular flexibility index (Phi) is 6.49. The smallest absolute Gasteiger partial charge is 0.337 e. The molecule has 204 valence electrons. The largest absolute Gasteiger partial charge is 0.348 e. The van der Waals surface area contributed by atoms with E-state index in [1.54, 1.807) is 6.07 Å². The number of hydrogen-bond donors (Lipinski definition) is 1. The van der Waals surface area contributed by atoms with Gasteiger partial charge in [0.25, 0.3) is 11.5 Å². The zero-order chi connectivity index (χ0) is 28.0. The number of nitrogens with zero attached hydrogens (tertiary/aromatic N) is 5. The maximum Gasteiger partial charge on any atom is 0.337 e. The van der Waals surface area contributed by atoms with Crippen molar-refractivity contribution in [2.75, 3.05) is 0 Å². The molecule has 1 saturated carbocycles. The molecule has 0 saturated heterocycles.